The number of allylic oxidation sites excluding steroid dienone is 1. The highest BCUT2D eigenvalue weighted by Gasteiger charge is 2.33. The number of rotatable bonds is 4. The zero-order valence-corrected chi connectivity index (χ0v) is 12.7. The van der Waals surface area contributed by atoms with Crippen molar-refractivity contribution in [1.82, 2.24) is 9.88 Å². The van der Waals surface area contributed by atoms with E-state index >= 15 is 0 Å². The van der Waals surface area contributed by atoms with Gasteiger partial charge in [0.2, 0.25) is 0 Å². The molecule has 1 aliphatic heterocycles. The van der Waals surface area contributed by atoms with Crippen LogP contribution in [0.4, 0.5) is 0 Å². The molecule has 4 nitrogen and oxygen atoms in total. The minimum absolute atomic E-state index is 0.0297. The number of hydrogen-bond donors (Lipinski definition) is 2. The number of nitrogens with zero attached hydrogens (tertiary/aromatic N) is 1. The van der Waals surface area contributed by atoms with Crippen LogP contribution in [0.3, 0.4) is 0 Å². The molecule has 1 saturated heterocycles. The minimum Gasteiger partial charge on any atom is -0.480 e. The number of fused-ring (bicyclic) bond motifs is 1. The molecule has 1 aromatic carbocycles. The van der Waals surface area contributed by atoms with E-state index in [2.05, 4.69) is 35.5 Å². The van der Waals surface area contributed by atoms with Gasteiger partial charge in [-0.25, -0.2) is 0 Å². The van der Waals surface area contributed by atoms with Crippen LogP contribution in [-0.4, -0.2) is 27.4 Å². The number of thioether (sulfide) groups is 1. The van der Waals surface area contributed by atoms with Crippen molar-refractivity contribution in [3.05, 3.63) is 48.2 Å². The van der Waals surface area contributed by atoms with Gasteiger partial charge < -0.3 is 9.67 Å². The molecular formula is C16H18N2O2S. The lowest BCUT2D eigenvalue weighted by Crippen LogP contribution is -2.33. The zero-order valence-electron chi connectivity index (χ0n) is 11.9. The van der Waals surface area contributed by atoms with Gasteiger partial charge in [0.25, 0.3) is 0 Å². The highest BCUT2D eigenvalue weighted by molar-refractivity contribution is 7.99. The molecule has 1 fully saturated rings. The standard InChI is InChI=1S/C16H18N2O2S/c1-3-8-18-10(2)14(11-6-4-5-7-13(11)18)15-17-12(9-21-15)16(19)20/h3-7,12,15,17H,1,8-9H2,2H3,(H,19,20)/t12-,15+/m1/s1. The lowest BCUT2D eigenvalue weighted by Gasteiger charge is -2.12. The SMILES string of the molecule is C=CCn1c(C)c([C@H]2N[C@@H](C(=O)O)CS2)c2ccccc21. The first-order chi connectivity index (χ1) is 10.1. The first-order valence-corrected chi connectivity index (χ1v) is 7.97. The monoisotopic (exact) mass is 302 g/mol. The highest BCUT2D eigenvalue weighted by Crippen LogP contribution is 2.40. The van der Waals surface area contributed by atoms with E-state index in [4.69, 9.17) is 5.11 Å². The maximum atomic E-state index is 11.1. The van der Waals surface area contributed by atoms with Gasteiger partial charge in [-0.2, -0.15) is 0 Å². The molecule has 0 saturated carbocycles. The van der Waals surface area contributed by atoms with Crippen LogP contribution in [0.1, 0.15) is 16.6 Å². The molecule has 2 N–H and O–H groups in total. The smallest absolute Gasteiger partial charge is 0.321 e. The van der Waals surface area contributed by atoms with Gasteiger partial charge in [0.1, 0.15) is 6.04 Å². The summed E-state index contributed by atoms with van der Waals surface area (Å²) in [6.07, 6.45) is 1.89. The van der Waals surface area contributed by atoms with Crippen LogP contribution in [-0.2, 0) is 11.3 Å². The number of carbonyl (C=O) groups is 1. The molecule has 1 aromatic heterocycles. The molecule has 2 heterocycles. The largest absolute Gasteiger partial charge is 0.480 e. The molecule has 3 rings (SSSR count). The second kappa shape index (κ2) is 5.58. The summed E-state index contributed by atoms with van der Waals surface area (Å²) in [5.74, 6) is -0.182. The Hall–Kier alpha value is -1.72. The number of nitrogens with one attached hydrogen (secondary N) is 1. The van der Waals surface area contributed by atoms with E-state index in [1.165, 1.54) is 22.2 Å². The van der Waals surface area contributed by atoms with Crippen molar-refractivity contribution in [2.75, 3.05) is 5.75 Å². The number of carboxylic acids is 1. The summed E-state index contributed by atoms with van der Waals surface area (Å²) < 4.78 is 2.23. The van der Waals surface area contributed by atoms with Crippen molar-refractivity contribution in [3.8, 4) is 0 Å². The zero-order chi connectivity index (χ0) is 15.0. The molecule has 5 heteroatoms. The van der Waals surface area contributed by atoms with Gasteiger partial charge in [-0.3, -0.25) is 10.1 Å². The molecule has 2 atom stereocenters. The quantitative estimate of drug-likeness (QED) is 0.853. The Labute approximate surface area is 127 Å². The molecule has 110 valence electrons. The molecule has 0 spiro atoms. The summed E-state index contributed by atoms with van der Waals surface area (Å²) in [5, 5.41) is 13.6. The first-order valence-electron chi connectivity index (χ1n) is 6.92. The molecule has 0 amide bonds. The summed E-state index contributed by atoms with van der Waals surface area (Å²) in [4.78, 5) is 11.1. The minimum atomic E-state index is -0.780. The summed E-state index contributed by atoms with van der Waals surface area (Å²) >= 11 is 1.66. The van der Waals surface area contributed by atoms with E-state index in [1.54, 1.807) is 11.8 Å². The van der Waals surface area contributed by atoms with Crippen LogP contribution in [0.15, 0.2) is 36.9 Å². The van der Waals surface area contributed by atoms with Gasteiger partial charge in [0, 0.05) is 34.5 Å². The van der Waals surface area contributed by atoms with Gasteiger partial charge >= 0.3 is 5.97 Å². The van der Waals surface area contributed by atoms with Crippen molar-refractivity contribution >= 4 is 28.6 Å². The lowest BCUT2D eigenvalue weighted by molar-refractivity contribution is -0.138. The Morgan fingerprint density at radius 1 is 1.57 bits per heavy atom. The van der Waals surface area contributed by atoms with Crippen molar-refractivity contribution < 1.29 is 9.90 Å². The summed E-state index contributed by atoms with van der Waals surface area (Å²) in [6.45, 7) is 6.68. The molecule has 1 aliphatic rings. The third kappa shape index (κ3) is 2.36. The van der Waals surface area contributed by atoms with E-state index in [0.717, 1.165) is 6.54 Å². The summed E-state index contributed by atoms with van der Waals surface area (Å²) in [6, 6.07) is 7.79. The van der Waals surface area contributed by atoms with E-state index in [0.29, 0.717) is 5.75 Å². The first kappa shape index (κ1) is 14.2. The molecule has 0 aliphatic carbocycles. The molecule has 2 aromatic rings. The van der Waals surface area contributed by atoms with E-state index in [-0.39, 0.29) is 5.37 Å². The maximum Gasteiger partial charge on any atom is 0.321 e. The molecule has 0 unspecified atom stereocenters. The Morgan fingerprint density at radius 2 is 2.33 bits per heavy atom. The van der Waals surface area contributed by atoms with E-state index in [9.17, 15) is 4.79 Å². The van der Waals surface area contributed by atoms with Gasteiger partial charge in [-0.15, -0.1) is 18.3 Å². The fourth-order valence-corrected chi connectivity index (χ4v) is 4.28. The van der Waals surface area contributed by atoms with Gasteiger partial charge in [-0.05, 0) is 13.0 Å². The van der Waals surface area contributed by atoms with Crippen molar-refractivity contribution in [1.29, 1.82) is 0 Å². The third-order valence-corrected chi connectivity index (χ3v) is 5.16. The maximum absolute atomic E-state index is 11.1. The normalized spacial score (nSPS) is 21.8. The summed E-state index contributed by atoms with van der Waals surface area (Å²) in [5.41, 5.74) is 3.54. The van der Waals surface area contributed by atoms with Crippen molar-refractivity contribution in [2.45, 2.75) is 24.9 Å². The third-order valence-electron chi connectivity index (χ3n) is 3.93. The second-order valence-corrected chi connectivity index (χ2v) is 6.32. The lowest BCUT2D eigenvalue weighted by atomic mass is 10.1. The van der Waals surface area contributed by atoms with Gasteiger partial charge in [0.05, 0.1) is 5.37 Å². The van der Waals surface area contributed by atoms with E-state index in [1.807, 2.05) is 18.2 Å². The topological polar surface area (TPSA) is 54.3 Å². The van der Waals surface area contributed by atoms with Crippen LogP contribution < -0.4 is 5.32 Å². The number of benzene rings is 1. The predicted octanol–water partition coefficient (Wildman–Crippen LogP) is 2.92. The Bertz CT molecular complexity index is 708. The second-order valence-electron chi connectivity index (χ2n) is 5.19. The predicted molar refractivity (Wildman–Crippen MR) is 86.6 cm³/mol. The summed E-state index contributed by atoms with van der Waals surface area (Å²) in [7, 11) is 0. The fourth-order valence-electron chi connectivity index (χ4n) is 2.93. The van der Waals surface area contributed by atoms with Crippen molar-refractivity contribution in [3.63, 3.8) is 0 Å². The van der Waals surface area contributed by atoms with Crippen molar-refractivity contribution in [2.24, 2.45) is 0 Å². The Morgan fingerprint density at radius 3 is 3.00 bits per heavy atom. The Kier molecular flexibility index (Phi) is 3.78. The average Bonchev–Trinajstić information content (AvgIpc) is 3.04. The average molecular weight is 302 g/mol. The number of aliphatic carboxylic acids is 1. The number of carboxylic acid groups (broad SMARTS) is 1. The van der Waals surface area contributed by atoms with Gasteiger partial charge in [0.15, 0.2) is 0 Å². The Balaban J connectivity index is 2.08. The van der Waals surface area contributed by atoms with E-state index < -0.39 is 12.0 Å². The van der Waals surface area contributed by atoms with Crippen LogP contribution in [0.25, 0.3) is 10.9 Å². The van der Waals surface area contributed by atoms with Crippen LogP contribution in [0, 0.1) is 6.92 Å². The molecule has 21 heavy (non-hydrogen) atoms. The van der Waals surface area contributed by atoms with Crippen LogP contribution >= 0.6 is 11.8 Å². The number of para-hydroxylation sites is 1. The van der Waals surface area contributed by atoms with Gasteiger partial charge in [-0.1, -0.05) is 24.3 Å². The van der Waals surface area contributed by atoms with Crippen LogP contribution in [0.2, 0.25) is 0 Å². The molecule has 0 bridgehead atoms. The number of aromatic nitrogens is 1. The fraction of sp³-hybridized carbons (Fsp3) is 0.312. The van der Waals surface area contributed by atoms with Crippen LogP contribution in [0.5, 0.6) is 0 Å². The molecule has 0 radical (unpaired) electrons. The molecular weight excluding hydrogens is 284 g/mol. The highest BCUT2D eigenvalue weighted by atomic mass is 32.2. The number of hydrogen-bond acceptors (Lipinski definition) is 3.